The first-order valence-electron chi connectivity index (χ1n) is 12.5. The molecule has 1 aliphatic carbocycles. The second-order valence-corrected chi connectivity index (χ2v) is 9.86. The number of rotatable bonds is 4. The Kier molecular flexibility index (Phi) is 19.6. The van der Waals surface area contributed by atoms with Crippen molar-refractivity contribution >= 4 is 31.1 Å². The average molecular weight is 575 g/mol. The maximum atomic E-state index is 12.3. The summed E-state index contributed by atoms with van der Waals surface area (Å²) in [6.45, 7) is 15.1. The van der Waals surface area contributed by atoms with Crippen molar-refractivity contribution in [2.24, 2.45) is 11.3 Å². The van der Waals surface area contributed by atoms with E-state index in [4.69, 9.17) is 25.9 Å². The number of carbonyl (C=O) groups excluding carboxylic acids is 3. The van der Waals surface area contributed by atoms with Gasteiger partial charge in [-0.05, 0) is 43.2 Å². The van der Waals surface area contributed by atoms with Crippen LogP contribution in [0.5, 0.6) is 5.88 Å². The number of methoxy groups -OCH3 is 1. The Morgan fingerprint density at radius 2 is 1.67 bits per heavy atom. The summed E-state index contributed by atoms with van der Waals surface area (Å²) in [7, 11) is 1.50. The molecule has 0 radical (unpaired) electrons. The van der Waals surface area contributed by atoms with Gasteiger partial charge in [-0.25, -0.2) is 4.98 Å². The normalized spacial score (nSPS) is 17.6. The van der Waals surface area contributed by atoms with Crippen LogP contribution in [0.1, 0.15) is 81.3 Å². The molecule has 10 heteroatoms. The number of ether oxygens (including phenoxy) is 1. The maximum absolute atomic E-state index is 12.3. The first-order chi connectivity index (χ1) is 18.3. The summed E-state index contributed by atoms with van der Waals surface area (Å²) in [6, 6.07) is 8.39. The van der Waals surface area contributed by atoms with E-state index >= 15 is 0 Å². The molecular formula is C29H42ClF3N2O4. The van der Waals surface area contributed by atoms with Crippen LogP contribution in [0.25, 0.3) is 0 Å². The molecule has 0 saturated heterocycles. The third-order valence-corrected chi connectivity index (χ3v) is 5.94. The van der Waals surface area contributed by atoms with Crippen molar-refractivity contribution in [1.29, 1.82) is 0 Å². The molecular weight excluding hydrogens is 533 g/mol. The molecule has 0 unspecified atom stereocenters. The van der Waals surface area contributed by atoms with Gasteiger partial charge in [0.15, 0.2) is 0 Å². The fraction of sp³-hybridized carbons (Fsp3) is 0.517. The summed E-state index contributed by atoms with van der Waals surface area (Å²) >= 11 is 5.89. The summed E-state index contributed by atoms with van der Waals surface area (Å²) in [6.07, 6.45) is 1.83. The lowest BCUT2D eigenvalue weighted by atomic mass is 9.72. The summed E-state index contributed by atoms with van der Waals surface area (Å²) < 4.78 is 40.9. The van der Waals surface area contributed by atoms with Crippen molar-refractivity contribution in [3.8, 4) is 5.88 Å². The SMILES string of the molecule is C=O.C=O.CCC.COc1cc(C(=O)NCC2(C)CCC(C)CC2)cc(Cl)n1.Cc1cccc(C(F)(F)F)c1. The number of benzene rings is 1. The fourth-order valence-corrected chi connectivity index (χ4v) is 3.76. The molecule has 220 valence electrons. The van der Waals surface area contributed by atoms with Crippen LogP contribution in [0.3, 0.4) is 0 Å². The van der Waals surface area contributed by atoms with Gasteiger partial charge in [-0.1, -0.05) is 82.3 Å². The van der Waals surface area contributed by atoms with Gasteiger partial charge in [0.25, 0.3) is 5.91 Å². The monoisotopic (exact) mass is 574 g/mol. The van der Waals surface area contributed by atoms with Gasteiger partial charge in [0, 0.05) is 18.2 Å². The quantitative estimate of drug-likeness (QED) is 0.377. The predicted molar refractivity (Wildman–Crippen MR) is 150 cm³/mol. The summed E-state index contributed by atoms with van der Waals surface area (Å²) in [5, 5.41) is 3.28. The zero-order valence-corrected chi connectivity index (χ0v) is 24.5. The van der Waals surface area contributed by atoms with Gasteiger partial charge in [0.05, 0.1) is 12.7 Å². The van der Waals surface area contributed by atoms with Crippen molar-refractivity contribution in [1.82, 2.24) is 10.3 Å². The van der Waals surface area contributed by atoms with Crippen molar-refractivity contribution < 1.29 is 32.3 Å². The van der Waals surface area contributed by atoms with Crippen molar-refractivity contribution in [3.05, 3.63) is 58.2 Å². The fourth-order valence-electron chi connectivity index (χ4n) is 3.56. The third-order valence-electron chi connectivity index (χ3n) is 5.74. The Morgan fingerprint density at radius 3 is 2.10 bits per heavy atom. The van der Waals surface area contributed by atoms with E-state index in [1.807, 2.05) is 13.6 Å². The van der Waals surface area contributed by atoms with Gasteiger partial charge in [-0.15, -0.1) is 0 Å². The maximum Gasteiger partial charge on any atom is 0.416 e. The number of hydrogen-bond donors (Lipinski definition) is 1. The van der Waals surface area contributed by atoms with E-state index in [0.717, 1.165) is 30.9 Å². The minimum Gasteiger partial charge on any atom is -0.481 e. The molecule has 0 atom stereocenters. The molecule has 1 N–H and O–H groups in total. The number of aromatic nitrogens is 1. The number of nitrogens with zero attached hydrogens (tertiary/aromatic N) is 1. The number of alkyl halides is 3. The first kappa shape index (κ1) is 38.2. The van der Waals surface area contributed by atoms with Crippen molar-refractivity contribution in [2.45, 2.75) is 72.9 Å². The van der Waals surface area contributed by atoms with E-state index in [-0.39, 0.29) is 16.5 Å². The minimum atomic E-state index is -4.22. The van der Waals surface area contributed by atoms with Crippen molar-refractivity contribution in [3.63, 3.8) is 0 Å². The van der Waals surface area contributed by atoms with Crippen LogP contribution in [0, 0.1) is 18.3 Å². The van der Waals surface area contributed by atoms with Gasteiger partial charge in [-0.3, -0.25) is 4.79 Å². The molecule has 1 amide bonds. The zero-order valence-electron chi connectivity index (χ0n) is 23.8. The lowest BCUT2D eigenvalue weighted by Crippen LogP contribution is -2.38. The molecule has 1 aromatic carbocycles. The number of halogens is 4. The van der Waals surface area contributed by atoms with E-state index in [2.05, 4.69) is 38.0 Å². The summed E-state index contributed by atoms with van der Waals surface area (Å²) in [4.78, 5) is 32.2. The molecule has 39 heavy (non-hydrogen) atoms. The van der Waals surface area contributed by atoms with Crippen LogP contribution < -0.4 is 10.1 Å². The third kappa shape index (κ3) is 15.9. The number of amides is 1. The van der Waals surface area contributed by atoms with Gasteiger partial charge in [0.2, 0.25) is 5.88 Å². The number of nitrogens with one attached hydrogen (secondary N) is 1. The smallest absolute Gasteiger partial charge is 0.416 e. The van der Waals surface area contributed by atoms with Gasteiger partial charge in [0.1, 0.15) is 18.7 Å². The molecule has 6 nitrogen and oxygen atoms in total. The second kappa shape index (κ2) is 20.0. The highest BCUT2D eigenvalue weighted by Crippen LogP contribution is 2.37. The van der Waals surface area contributed by atoms with E-state index in [0.29, 0.717) is 23.6 Å². The minimum absolute atomic E-state index is 0.127. The lowest BCUT2D eigenvalue weighted by molar-refractivity contribution is -0.137. The van der Waals surface area contributed by atoms with Crippen molar-refractivity contribution in [2.75, 3.05) is 13.7 Å². The highest BCUT2D eigenvalue weighted by Gasteiger charge is 2.30. The Morgan fingerprint density at radius 1 is 1.13 bits per heavy atom. The van der Waals surface area contributed by atoms with E-state index in [9.17, 15) is 18.0 Å². The lowest BCUT2D eigenvalue weighted by Gasteiger charge is -2.36. The Labute approximate surface area is 235 Å². The van der Waals surface area contributed by atoms with Crippen LogP contribution in [0.2, 0.25) is 5.15 Å². The zero-order chi connectivity index (χ0) is 30.6. The summed E-state index contributed by atoms with van der Waals surface area (Å²) in [5.41, 5.74) is 0.722. The first-order valence-corrected chi connectivity index (χ1v) is 12.9. The van der Waals surface area contributed by atoms with Gasteiger partial charge < -0.3 is 19.6 Å². The average Bonchev–Trinajstić information content (AvgIpc) is 2.91. The van der Waals surface area contributed by atoms with E-state index in [1.54, 1.807) is 25.1 Å². The Balaban J connectivity index is 0. The van der Waals surface area contributed by atoms with Crippen LogP contribution in [0.4, 0.5) is 13.2 Å². The molecule has 2 aromatic rings. The Hall–Kier alpha value is -2.94. The standard InChI is InChI=1S/C16H23ClN2O2.C8H7F3.C3H8.2CH2O/c1-11-4-6-16(2,7-5-11)10-18-15(20)12-8-13(17)19-14(9-12)21-3;1-6-3-2-4-7(5-6)8(9,10)11;1-3-2;2*1-2/h8-9,11H,4-7,10H2,1-3H3,(H,18,20);2-5H,1H3;3H2,1-2H3;2*1H2. The molecule has 1 aliphatic rings. The number of carbonyl (C=O) groups is 3. The van der Waals surface area contributed by atoms with Crippen LogP contribution in [-0.2, 0) is 15.8 Å². The molecule has 1 aromatic heterocycles. The molecule has 0 aliphatic heterocycles. The molecule has 1 heterocycles. The van der Waals surface area contributed by atoms with Crippen LogP contribution >= 0.6 is 11.6 Å². The van der Waals surface area contributed by atoms with Gasteiger partial charge in [-0.2, -0.15) is 13.2 Å². The summed E-state index contributed by atoms with van der Waals surface area (Å²) in [5.74, 6) is 1.03. The molecule has 1 fully saturated rings. The Bertz CT molecular complexity index is 964. The molecule has 3 rings (SSSR count). The van der Waals surface area contributed by atoms with E-state index in [1.165, 1.54) is 32.4 Å². The highest BCUT2D eigenvalue weighted by molar-refractivity contribution is 6.29. The molecule has 0 spiro atoms. The number of aryl methyl sites for hydroxylation is 1. The van der Waals surface area contributed by atoms with Gasteiger partial charge >= 0.3 is 6.18 Å². The number of pyridine rings is 1. The van der Waals surface area contributed by atoms with Crippen LogP contribution in [-0.4, -0.2) is 38.1 Å². The molecule has 0 bridgehead atoms. The predicted octanol–water partition coefficient (Wildman–Crippen LogP) is 7.75. The molecule has 1 saturated carbocycles. The number of hydrogen-bond acceptors (Lipinski definition) is 5. The highest BCUT2D eigenvalue weighted by atomic mass is 35.5. The largest absolute Gasteiger partial charge is 0.481 e. The second-order valence-electron chi connectivity index (χ2n) is 9.47. The van der Waals surface area contributed by atoms with E-state index < -0.39 is 11.7 Å². The topological polar surface area (TPSA) is 85.4 Å². The van der Waals surface area contributed by atoms with Crippen LogP contribution in [0.15, 0.2) is 36.4 Å².